The first-order valence-electron chi connectivity index (χ1n) is 6.75. The van der Waals surface area contributed by atoms with Crippen LogP contribution in [0.3, 0.4) is 0 Å². The Hall–Kier alpha value is -0.890. The van der Waals surface area contributed by atoms with Crippen LogP contribution in [0.1, 0.15) is 42.5 Å². The van der Waals surface area contributed by atoms with Gasteiger partial charge in [0.1, 0.15) is 7.05 Å². The van der Waals surface area contributed by atoms with Crippen molar-refractivity contribution in [3.05, 3.63) is 28.8 Å². The van der Waals surface area contributed by atoms with Crippen molar-refractivity contribution in [2.75, 3.05) is 0 Å². The van der Waals surface area contributed by atoms with E-state index >= 15 is 0 Å². The van der Waals surface area contributed by atoms with Crippen molar-refractivity contribution < 1.29 is 4.57 Å². The Morgan fingerprint density at radius 3 is 2.71 bits per heavy atom. The van der Waals surface area contributed by atoms with E-state index in [0.29, 0.717) is 0 Å². The topological polar surface area (TPSA) is 3.88 Å². The highest BCUT2D eigenvalue weighted by molar-refractivity contribution is 7.19. The van der Waals surface area contributed by atoms with Gasteiger partial charge in [-0.25, -0.2) is 4.57 Å². The van der Waals surface area contributed by atoms with Crippen LogP contribution >= 0.6 is 11.3 Å². The molecule has 0 unspecified atom stereocenters. The van der Waals surface area contributed by atoms with Crippen molar-refractivity contribution in [2.24, 2.45) is 7.05 Å². The Labute approximate surface area is 107 Å². The van der Waals surface area contributed by atoms with Crippen molar-refractivity contribution in [3.63, 3.8) is 0 Å². The predicted octanol–water partition coefficient (Wildman–Crippen LogP) is 3.77. The van der Waals surface area contributed by atoms with Crippen LogP contribution in [-0.4, -0.2) is 0 Å². The highest BCUT2D eigenvalue weighted by atomic mass is 32.1. The standard InChI is InChI=1S/C15H20NS/c1-16-11-7-10-14-15(16)12-8-5-3-2-4-6-9-13(12)17-14/h7,10-11H,2-6,8-9H2,1H3/q+1. The molecule has 0 saturated carbocycles. The van der Waals surface area contributed by atoms with Crippen LogP contribution < -0.4 is 4.57 Å². The molecule has 3 rings (SSSR count). The van der Waals surface area contributed by atoms with Gasteiger partial charge in [-0.15, -0.1) is 11.3 Å². The zero-order valence-corrected chi connectivity index (χ0v) is 11.4. The fourth-order valence-electron chi connectivity index (χ4n) is 2.93. The van der Waals surface area contributed by atoms with Crippen LogP contribution in [0.5, 0.6) is 0 Å². The minimum Gasteiger partial charge on any atom is -0.200 e. The van der Waals surface area contributed by atoms with Gasteiger partial charge in [0.2, 0.25) is 5.52 Å². The van der Waals surface area contributed by atoms with Gasteiger partial charge in [0.15, 0.2) is 6.20 Å². The fraction of sp³-hybridized carbons (Fsp3) is 0.533. The van der Waals surface area contributed by atoms with Gasteiger partial charge in [0.25, 0.3) is 0 Å². The van der Waals surface area contributed by atoms with Crippen LogP contribution in [0.25, 0.3) is 10.2 Å². The van der Waals surface area contributed by atoms with E-state index in [1.807, 2.05) is 11.3 Å². The van der Waals surface area contributed by atoms with Crippen molar-refractivity contribution in [2.45, 2.75) is 44.9 Å². The summed E-state index contributed by atoms with van der Waals surface area (Å²) in [6.07, 6.45) is 11.8. The second kappa shape index (κ2) is 4.77. The normalized spacial score (nSPS) is 17.2. The van der Waals surface area contributed by atoms with Gasteiger partial charge in [0, 0.05) is 16.5 Å². The van der Waals surface area contributed by atoms with Gasteiger partial charge in [-0.1, -0.05) is 19.3 Å². The Morgan fingerprint density at radius 1 is 1.06 bits per heavy atom. The molecule has 0 radical (unpaired) electrons. The van der Waals surface area contributed by atoms with Gasteiger partial charge in [-0.2, -0.15) is 0 Å². The molecule has 2 aromatic rings. The number of pyridine rings is 1. The lowest BCUT2D eigenvalue weighted by Gasteiger charge is -1.99. The van der Waals surface area contributed by atoms with Gasteiger partial charge in [-0.05, 0) is 31.7 Å². The molecule has 2 heterocycles. The highest BCUT2D eigenvalue weighted by Crippen LogP contribution is 2.32. The Kier molecular flexibility index (Phi) is 3.15. The maximum Gasteiger partial charge on any atom is 0.226 e. The smallest absolute Gasteiger partial charge is 0.200 e. The van der Waals surface area contributed by atoms with Crippen molar-refractivity contribution in [1.82, 2.24) is 0 Å². The first kappa shape index (κ1) is 11.2. The summed E-state index contributed by atoms with van der Waals surface area (Å²) in [4.78, 5) is 1.66. The molecule has 0 bridgehead atoms. The van der Waals surface area contributed by atoms with Crippen molar-refractivity contribution in [1.29, 1.82) is 0 Å². The third-order valence-electron chi connectivity index (χ3n) is 3.83. The van der Waals surface area contributed by atoms with Crippen molar-refractivity contribution >= 4 is 21.6 Å². The maximum atomic E-state index is 2.31. The van der Waals surface area contributed by atoms with Crippen LogP contribution in [0, 0.1) is 0 Å². The number of aryl methyl sites for hydroxylation is 3. The zero-order chi connectivity index (χ0) is 11.7. The molecular weight excluding hydrogens is 226 g/mol. The van der Waals surface area contributed by atoms with Crippen molar-refractivity contribution in [3.8, 4) is 0 Å². The summed E-state index contributed by atoms with van der Waals surface area (Å²) in [5.41, 5.74) is 3.14. The molecule has 0 fully saturated rings. The molecule has 2 heteroatoms. The van der Waals surface area contributed by atoms with Gasteiger partial charge in [0.05, 0.1) is 4.70 Å². The number of hydrogen-bond acceptors (Lipinski definition) is 1. The fourth-order valence-corrected chi connectivity index (χ4v) is 4.28. The monoisotopic (exact) mass is 246 g/mol. The first-order valence-corrected chi connectivity index (χ1v) is 7.57. The maximum absolute atomic E-state index is 2.31. The summed E-state index contributed by atoms with van der Waals surface area (Å²) in [5, 5.41) is 0. The van der Waals surface area contributed by atoms with E-state index in [1.54, 1.807) is 10.4 Å². The molecule has 0 aliphatic heterocycles. The molecule has 0 amide bonds. The van der Waals surface area contributed by atoms with E-state index in [9.17, 15) is 0 Å². The molecule has 2 aromatic heterocycles. The minimum atomic E-state index is 1.28. The van der Waals surface area contributed by atoms with E-state index in [2.05, 4.69) is 29.9 Å². The molecule has 1 aliphatic rings. The molecule has 0 saturated heterocycles. The minimum absolute atomic E-state index is 1.28. The second-order valence-electron chi connectivity index (χ2n) is 5.10. The van der Waals surface area contributed by atoms with E-state index in [-0.39, 0.29) is 0 Å². The van der Waals surface area contributed by atoms with E-state index in [1.165, 1.54) is 55.2 Å². The SMILES string of the molecule is C[n+]1cccc2sc3c(c21)CCCCCCC3. The number of thiophene rings is 1. The molecule has 0 spiro atoms. The predicted molar refractivity (Wildman–Crippen MR) is 73.5 cm³/mol. The van der Waals surface area contributed by atoms with Crippen LogP contribution in [0.2, 0.25) is 0 Å². The summed E-state index contributed by atoms with van der Waals surface area (Å²) in [5.74, 6) is 0. The Balaban J connectivity index is 2.13. The largest absolute Gasteiger partial charge is 0.226 e. The summed E-state index contributed by atoms with van der Waals surface area (Å²) in [6.45, 7) is 0. The summed E-state index contributed by atoms with van der Waals surface area (Å²) in [6, 6.07) is 4.44. The van der Waals surface area contributed by atoms with Crippen LogP contribution in [0.15, 0.2) is 18.3 Å². The molecule has 0 N–H and O–H groups in total. The number of fused-ring (bicyclic) bond motifs is 3. The second-order valence-corrected chi connectivity index (χ2v) is 6.24. The molecule has 1 nitrogen and oxygen atoms in total. The number of aromatic nitrogens is 1. The average molecular weight is 246 g/mol. The Morgan fingerprint density at radius 2 is 1.82 bits per heavy atom. The first-order chi connectivity index (χ1) is 8.36. The molecule has 90 valence electrons. The lowest BCUT2D eigenvalue weighted by Crippen LogP contribution is -2.28. The van der Waals surface area contributed by atoms with E-state index in [4.69, 9.17) is 0 Å². The Bertz CT molecular complexity index is 527. The molecule has 1 aliphatic carbocycles. The quantitative estimate of drug-likeness (QED) is 0.623. The lowest BCUT2D eigenvalue weighted by atomic mass is 10.1. The average Bonchev–Trinajstić information content (AvgIpc) is 2.70. The van der Waals surface area contributed by atoms with Crippen LogP contribution in [-0.2, 0) is 19.9 Å². The van der Waals surface area contributed by atoms with Crippen LogP contribution in [0.4, 0.5) is 0 Å². The number of hydrogen-bond donors (Lipinski definition) is 0. The van der Waals surface area contributed by atoms with Gasteiger partial charge >= 0.3 is 0 Å². The number of rotatable bonds is 0. The molecule has 17 heavy (non-hydrogen) atoms. The third-order valence-corrected chi connectivity index (χ3v) is 5.08. The summed E-state index contributed by atoms with van der Waals surface area (Å²) >= 11 is 2.02. The summed E-state index contributed by atoms with van der Waals surface area (Å²) in [7, 11) is 2.18. The zero-order valence-electron chi connectivity index (χ0n) is 10.5. The van der Waals surface area contributed by atoms with Gasteiger partial charge < -0.3 is 0 Å². The molecular formula is C15H20NS+. The van der Waals surface area contributed by atoms with E-state index < -0.39 is 0 Å². The summed E-state index contributed by atoms with van der Waals surface area (Å²) < 4.78 is 3.78. The molecule has 0 atom stereocenters. The highest BCUT2D eigenvalue weighted by Gasteiger charge is 2.19. The van der Waals surface area contributed by atoms with Gasteiger partial charge in [-0.3, -0.25) is 0 Å². The molecule has 0 aromatic carbocycles. The number of nitrogens with zero attached hydrogens (tertiary/aromatic N) is 1. The lowest BCUT2D eigenvalue weighted by molar-refractivity contribution is -0.645. The van der Waals surface area contributed by atoms with E-state index in [0.717, 1.165) is 0 Å². The third kappa shape index (κ3) is 2.11.